The van der Waals surface area contributed by atoms with Crippen LogP contribution in [0, 0.1) is 5.41 Å². The van der Waals surface area contributed by atoms with E-state index in [9.17, 15) is 9.90 Å². The SMILES string of the molecule is CC1=C2CCC[C@H](O)[C@@]2(C)CC(=Cc2ccc(NC3CCCCC3)cc2)C1=O. The minimum Gasteiger partial charge on any atom is -0.392 e. The van der Waals surface area contributed by atoms with Gasteiger partial charge in [0.05, 0.1) is 6.10 Å². The van der Waals surface area contributed by atoms with Gasteiger partial charge in [-0.25, -0.2) is 0 Å². The van der Waals surface area contributed by atoms with E-state index in [1.54, 1.807) is 0 Å². The number of ketones is 1. The number of allylic oxidation sites excluding steroid dienone is 2. The topological polar surface area (TPSA) is 49.3 Å². The molecule has 3 aliphatic carbocycles. The Hall–Kier alpha value is -1.87. The van der Waals surface area contributed by atoms with Crippen LogP contribution >= 0.6 is 0 Å². The average molecular weight is 380 g/mol. The van der Waals surface area contributed by atoms with Gasteiger partial charge >= 0.3 is 0 Å². The monoisotopic (exact) mass is 379 g/mol. The number of carbonyl (C=O) groups excluding carboxylic acids is 1. The minimum absolute atomic E-state index is 0.158. The Morgan fingerprint density at radius 2 is 1.79 bits per heavy atom. The summed E-state index contributed by atoms with van der Waals surface area (Å²) >= 11 is 0. The Morgan fingerprint density at radius 1 is 1.07 bits per heavy atom. The maximum atomic E-state index is 12.9. The number of anilines is 1. The molecule has 0 spiro atoms. The normalized spacial score (nSPS) is 30.5. The summed E-state index contributed by atoms with van der Waals surface area (Å²) < 4.78 is 0. The molecule has 0 saturated heterocycles. The lowest BCUT2D eigenvalue weighted by molar-refractivity contribution is -0.113. The third kappa shape index (κ3) is 3.69. The van der Waals surface area contributed by atoms with Gasteiger partial charge in [0.1, 0.15) is 0 Å². The predicted octanol–water partition coefficient (Wildman–Crippen LogP) is 5.66. The van der Waals surface area contributed by atoms with Gasteiger partial charge in [-0.05, 0) is 74.8 Å². The third-order valence-electron chi connectivity index (χ3n) is 7.20. The van der Waals surface area contributed by atoms with Crippen LogP contribution in [0.3, 0.4) is 0 Å². The van der Waals surface area contributed by atoms with Crippen molar-refractivity contribution >= 4 is 17.5 Å². The lowest BCUT2D eigenvalue weighted by Crippen LogP contribution is -2.42. The number of carbonyl (C=O) groups is 1. The van der Waals surface area contributed by atoms with E-state index < -0.39 is 0 Å². The van der Waals surface area contributed by atoms with Gasteiger partial charge in [-0.2, -0.15) is 0 Å². The molecule has 0 heterocycles. The number of nitrogens with one attached hydrogen (secondary N) is 1. The molecule has 0 amide bonds. The molecule has 1 aromatic carbocycles. The maximum Gasteiger partial charge on any atom is 0.184 e. The second kappa shape index (κ2) is 7.87. The molecule has 0 aromatic heterocycles. The summed E-state index contributed by atoms with van der Waals surface area (Å²) in [5, 5.41) is 14.3. The number of fused-ring (bicyclic) bond motifs is 1. The Bertz CT molecular complexity index is 798. The van der Waals surface area contributed by atoms with Gasteiger partial charge in [0.25, 0.3) is 0 Å². The first kappa shape index (κ1) is 19.4. The van der Waals surface area contributed by atoms with E-state index in [0.717, 1.165) is 41.7 Å². The largest absolute Gasteiger partial charge is 0.392 e. The summed E-state index contributed by atoms with van der Waals surface area (Å²) in [5.74, 6) is 0.158. The minimum atomic E-state index is -0.357. The quantitative estimate of drug-likeness (QED) is 0.667. The van der Waals surface area contributed by atoms with Gasteiger partial charge in [0.15, 0.2) is 5.78 Å². The van der Waals surface area contributed by atoms with Crippen LogP contribution in [0.4, 0.5) is 5.69 Å². The molecule has 1 aromatic rings. The van der Waals surface area contributed by atoms with Crippen molar-refractivity contribution in [3.05, 3.63) is 46.5 Å². The van der Waals surface area contributed by atoms with Crippen LogP contribution in [-0.2, 0) is 4.79 Å². The summed E-state index contributed by atoms with van der Waals surface area (Å²) in [4.78, 5) is 12.9. The van der Waals surface area contributed by atoms with Gasteiger partial charge in [-0.1, -0.05) is 43.9 Å². The molecule has 2 fully saturated rings. The number of hydrogen-bond acceptors (Lipinski definition) is 3. The van der Waals surface area contributed by atoms with Crippen LogP contribution in [0.15, 0.2) is 41.0 Å². The van der Waals surface area contributed by atoms with Crippen LogP contribution in [0.2, 0.25) is 0 Å². The highest BCUT2D eigenvalue weighted by Gasteiger charge is 2.45. The molecule has 0 aliphatic heterocycles. The second-order valence-corrected chi connectivity index (χ2v) is 9.21. The summed E-state index contributed by atoms with van der Waals surface area (Å²) in [6, 6.07) is 9.04. The third-order valence-corrected chi connectivity index (χ3v) is 7.20. The zero-order valence-corrected chi connectivity index (χ0v) is 17.3. The van der Waals surface area contributed by atoms with Crippen molar-refractivity contribution in [2.24, 2.45) is 5.41 Å². The smallest absolute Gasteiger partial charge is 0.184 e. The fraction of sp³-hybridized carbons (Fsp3) is 0.560. The Labute approximate surface area is 168 Å². The van der Waals surface area contributed by atoms with Crippen molar-refractivity contribution in [1.82, 2.24) is 0 Å². The van der Waals surface area contributed by atoms with Crippen molar-refractivity contribution < 1.29 is 9.90 Å². The Balaban J connectivity index is 1.53. The fourth-order valence-corrected chi connectivity index (χ4v) is 5.45. The van der Waals surface area contributed by atoms with Gasteiger partial charge in [-0.3, -0.25) is 4.79 Å². The molecular formula is C25H33NO2. The number of benzene rings is 1. The molecule has 0 radical (unpaired) electrons. The first-order valence-corrected chi connectivity index (χ1v) is 11.0. The molecule has 28 heavy (non-hydrogen) atoms. The predicted molar refractivity (Wildman–Crippen MR) is 115 cm³/mol. The van der Waals surface area contributed by atoms with E-state index in [1.807, 2.05) is 13.0 Å². The lowest BCUT2D eigenvalue weighted by Gasteiger charge is -2.45. The number of aliphatic hydroxyl groups is 1. The number of aliphatic hydroxyl groups excluding tert-OH is 1. The molecule has 3 heteroatoms. The molecular weight excluding hydrogens is 346 g/mol. The summed E-state index contributed by atoms with van der Waals surface area (Å²) in [6.45, 7) is 4.07. The molecule has 150 valence electrons. The maximum absolute atomic E-state index is 12.9. The van der Waals surface area contributed by atoms with Gasteiger partial charge in [-0.15, -0.1) is 0 Å². The highest BCUT2D eigenvalue weighted by molar-refractivity contribution is 6.12. The zero-order valence-electron chi connectivity index (χ0n) is 17.3. The molecule has 3 aliphatic rings. The van der Waals surface area contributed by atoms with Gasteiger partial charge in [0.2, 0.25) is 0 Å². The van der Waals surface area contributed by atoms with Crippen molar-refractivity contribution in [3.8, 4) is 0 Å². The van der Waals surface area contributed by atoms with E-state index in [0.29, 0.717) is 12.5 Å². The summed E-state index contributed by atoms with van der Waals surface area (Å²) in [7, 11) is 0. The lowest BCUT2D eigenvalue weighted by atomic mass is 9.61. The van der Waals surface area contributed by atoms with Crippen molar-refractivity contribution in [1.29, 1.82) is 0 Å². The molecule has 2 N–H and O–H groups in total. The molecule has 4 rings (SSSR count). The van der Waals surface area contributed by atoms with E-state index in [1.165, 1.54) is 37.7 Å². The molecule has 0 unspecified atom stereocenters. The molecule has 2 atom stereocenters. The second-order valence-electron chi connectivity index (χ2n) is 9.21. The summed E-state index contributed by atoms with van der Waals surface area (Å²) in [5.41, 5.74) is 4.80. The first-order valence-electron chi connectivity index (χ1n) is 11.0. The highest BCUT2D eigenvalue weighted by atomic mass is 16.3. The Kier molecular flexibility index (Phi) is 5.46. The zero-order chi connectivity index (χ0) is 19.7. The van der Waals surface area contributed by atoms with Crippen molar-refractivity contribution in [2.45, 2.75) is 83.8 Å². The van der Waals surface area contributed by atoms with Crippen LogP contribution < -0.4 is 5.32 Å². The molecule has 2 saturated carbocycles. The van der Waals surface area contributed by atoms with Gasteiger partial charge in [0, 0.05) is 22.7 Å². The van der Waals surface area contributed by atoms with E-state index >= 15 is 0 Å². The van der Waals surface area contributed by atoms with E-state index in [4.69, 9.17) is 0 Å². The number of hydrogen-bond donors (Lipinski definition) is 2. The highest BCUT2D eigenvalue weighted by Crippen LogP contribution is 2.50. The molecule has 0 bridgehead atoms. The summed E-state index contributed by atoms with van der Waals surface area (Å²) in [6.07, 6.45) is 11.6. The average Bonchev–Trinajstić information content (AvgIpc) is 2.70. The van der Waals surface area contributed by atoms with Crippen LogP contribution in [0.5, 0.6) is 0 Å². The standard InChI is InChI=1S/C25H33NO2/c1-17-22-9-6-10-23(27)25(22,2)16-19(24(17)28)15-18-11-13-21(14-12-18)26-20-7-4-3-5-8-20/h11-15,20,23,26-27H,3-10,16H2,1-2H3/t23-,25-/m0/s1. The van der Waals surface area contributed by atoms with E-state index in [-0.39, 0.29) is 17.3 Å². The fourth-order valence-electron chi connectivity index (χ4n) is 5.45. The van der Waals surface area contributed by atoms with E-state index in [2.05, 4.69) is 36.5 Å². The molecule has 3 nitrogen and oxygen atoms in total. The van der Waals surface area contributed by atoms with Crippen LogP contribution in [0.1, 0.15) is 77.2 Å². The van der Waals surface area contributed by atoms with Crippen molar-refractivity contribution in [3.63, 3.8) is 0 Å². The first-order chi connectivity index (χ1) is 13.5. The van der Waals surface area contributed by atoms with Crippen molar-refractivity contribution in [2.75, 3.05) is 5.32 Å². The van der Waals surface area contributed by atoms with Crippen LogP contribution in [0.25, 0.3) is 6.08 Å². The number of rotatable bonds is 3. The van der Waals surface area contributed by atoms with Gasteiger partial charge < -0.3 is 10.4 Å². The Morgan fingerprint density at radius 3 is 2.50 bits per heavy atom. The van der Waals surface area contributed by atoms with Crippen LogP contribution in [-0.4, -0.2) is 23.0 Å². The number of Topliss-reactive ketones (excluding diaryl/α,β-unsaturated/α-hetero) is 1.